The number of carbonyl (C=O) groups excluding carboxylic acids is 2. The fourth-order valence-corrected chi connectivity index (χ4v) is 7.65. The Hall–Kier alpha value is -2.61. The number of carbonyl (C=O) groups is 2. The van der Waals surface area contributed by atoms with E-state index in [1.165, 1.54) is 24.8 Å². The molecule has 7 nitrogen and oxygen atoms in total. The molecule has 0 aromatic heterocycles. The Morgan fingerprint density at radius 2 is 1.74 bits per heavy atom. The second kappa shape index (κ2) is 11.5. The molecule has 2 atom stereocenters. The molecule has 1 aromatic rings. The van der Waals surface area contributed by atoms with E-state index in [1.807, 2.05) is 12.1 Å². The molecular weight excluding hydrogens is 499 g/mol. The molecule has 214 valence electrons. The minimum atomic E-state index is -0.614. The lowest BCUT2D eigenvalue weighted by atomic mass is 9.44. The number of nitrogens with one attached hydrogen (secondary N) is 2. The van der Waals surface area contributed by atoms with Gasteiger partial charge in [-0.05, 0) is 107 Å². The van der Waals surface area contributed by atoms with Crippen molar-refractivity contribution >= 4 is 12.0 Å². The van der Waals surface area contributed by atoms with Gasteiger partial charge in [0, 0.05) is 37.3 Å². The molecule has 4 bridgehead atoms. The predicted molar refractivity (Wildman–Crippen MR) is 146 cm³/mol. The van der Waals surface area contributed by atoms with Crippen molar-refractivity contribution in [3.63, 3.8) is 0 Å². The van der Waals surface area contributed by atoms with Crippen LogP contribution in [0, 0.1) is 23.7 Å². The molecular formula is C31H43FN2O5. The van der Waals surface area contributed by atoms with Gasteiger partial charge in [0.1, 0.15) is 18.0 Å². The first-order valence-corrected chi connectivity index (χ1v) is 14.5. The van der Waals surface area contributed by atoms with E-state index in [-0.39, 0.29) is 36.4 Å². The second-order valence-corrected chi connectivity index (χ2v) is 13.1. The summed E-state index contributed by atoms with van der Waals surface area (Å²) in [5.41, 5.74) is 1.16. The van der Waals surface area contributed by atoms with Gasteiger partial charge in [0.25, 0.3) is 0 Å². The summed E-state index contributed by atoms with van der Waals surface area (Å²) in [5.74, 6) is 2.66. The maximum atomic E-state index is 13.4. The summed E-state index contributed by atoms with van der Waals surface area (Å²) in [6.07, 6.45) is 7.37. The van der Waals surface area contributed by atoms with Gasteiger partial charge in [-0.25, -0.2) is 9.18 Å². The predicted octanol–water partition coefficient (Wildman–Crippen LogP) is 5.43. The number of benzene rings is 1. The minimum Gasteiger partial charge on any atom is -0.489 e. The zero-order valence-corrected chi connectivity index (χ0v) is 23.5. The van der Waals surface area contributed by atoms with Gasteiger partial charge in [-0.2, -0.15) is 0 Å². The van der Waals surface area contributed by atoms with Crippen LogP contribution in [-0.2, 0) is 19.7 Å². The minimum absolute atomic E-state index is 0.0139. The van der Waals surface area contributed by atoms with Gasteiger partial charge in [0.2, 0.25) is 5.91 Å². The van der Waals surface area contributed by atoms with Crippen LogP contribution in [0.4, 0.5) is 9.18 Å². The largest absolute Gasteiger partial charge is 0.489 e. The summed E-state index contributed by atoms with van der Waals surface area (Å²) in [4.78, 5) is 25.2. The molecule has 5 aliphatic rings. The summed E-state index contributed by atoms with van der Waals surface area (Å²) >= 11 is 0. The van der Waals surface area contributed by atoms with Crippen LogP contribution in [0.25, 0.3) is 0 Å². The van der Waals surface area contributed by atoms with Crippen LogP contribution < -0.4 is 15.4 Å². The smallest absolute Gasteiger partial charge is 0.407 e. The highest BCUT2D eigenvalue weighted by molar-refractivity contribution is 5.80. The molecule has 4 saturated carbocycles. The van der Waals surface area contributed by atoms with E-state index in [2.05, 4.69) is 22.8 Å². The maximum Gasteiger partial charge on any atom is 0.407 e. The van der Waals surface area contributed by atoms with Crippen LogP contribution in [0.2, 0.25) is 0 Å². The second-order valence-electron chi connectivity index (χ2n) is 13.1. The van der Waals surface area contributed by atoms with E-state index >= 15 is 0 Å². The van der Waals surface area contributed by atoms with Crippen LogP contribution in [0.3, 0.4) is 0 Å². The number of hydrogen-bond donors (Lipinski definition) is 2. The Labute approximate surface area is 231 Å². The number of rotatable bonds is 8. The van der Waals surface area contributed by atoms with Crippen molar-refractivity contribution < 1.29 is 28.2 Å². The standard InChI is InChI=1S/C31H43FN2O5/c1-30(2,3)39-29(36)33-18-21(17-32)19-38-26-6-4-24(5-7-26)31-14-20-12-22(15-31)27(23(13-20)16-31)28(35)34-25-8-10-37-11-9-25/h4-7,17,20,22-23,25,27H,8-16,18-19H2,1-3H3,(H,33,36)(H,34,35)/b21-17+/t20?,22?,23?,27-,31-. The summed E-state index contributed by atoms with van der Waals surface area (Å²) in [5, 5.41) is 5.92. The van der Waals surface area contributed by atoms with Gasteiger partial charge >= 0.3 is 6.09 Å². The summed E-state index contributed by atoms with van der Waals surface area (Å²) in [6.45, 7) is 6.85. The summed E-state index contributed by atoms with van der Waals surface area (Å²) in [7, 11) is 0. The van der Waals surface area contributed by atoms with E-state index < -0.39 is 11.7 Å². The Kier molecular flexibility index (Phi) is 8.22. The van der Waals surface area contributed by atoms with Crippen LogP contribution in [0.5, 0.6) is 5.75 Å². The number of alkyl carbamates (subject to hydrolysis) is 1. The van der Waals surface area contributed by atoms with Crippen molar-refractivity contribution in [3.8, 4) is 5.75 Å². The molecule has 0 spiro atoms. The monoisotopic (exact) mass is 542 g/mol. The number of amides is 2. The molecule has 1 aromatic carbocycles. The molecule has 2 N–H and O–H groups in total. The molecule has 1 saturated heterocycles. The van der Waals surface area contributed by atoms with Crippen molar-refractivity contribution in [2.75, 3.05) is 26.4 Å². The Morgan fingerprint density at radius 3 is 2.36 bits per heavy atom. The highest BCUT2D eigenvalue weighted by atomic mass is 19.1. The summed E-state index contributed by atoms with van der Waals surface area (Å²) in [6, 6.07) is 8.47. The zero-order valence-electron chi connectivity index (χ0n) is 23.5. The third-order valence-electron chi connectivity index (χ3n) is 9.05. The van der Waals surface area contributed by atoms with E-state index in [0.29, 0.717) is 35.4 Å². The Balaban J connectivity index is 1.16. The SMILES string of the molecule is CC(C)(C)OC(=O)NC/C(=C\F)COc1ccc([C@]23CC4CC(C2)[C@@H](C(=O)NC2CCOCC2)C(C4)C3)cc1. The van der Waals surface area contributed by atoms with Gasteiger partial charge in [0.15, 0.2) is 0 Å². The first-order chi connectivity index (χ1) is 18.6. The van der Waals surface area contributed by atoms with Gasteiger partial charge in [0.05, 0.1) is 6.33 Å². The van der Waals surface area contributed by atoms with Gasteiger partial charge in [-0.3, -0.25) is 4.79 Å². The van der Waals surface area contributed by atoms with Crippen LogP contribution >= 0.6 is 0 Å². The fraction of sp³-hybridized carbons (Fsp3) is 0.677. The third kappa shape index (κ3) is 6.59. The van der Waals surface area contributed by atoms with Gasteiger partial charge < -0.3 is 24.8 Å². The van der Waals surface area contributed by atoms with E-state index in [9.17, 15) is 14.0 Å². The molecule has 2 amide bonds. The van der Waals surface area contributed by atoms with E-state index in [4.69, 9.17) is 14.2 Å². The molecule has 1 heterocycles. The molecule has 4 aliphatic carbocycles. The molecule has 6 rings (SSSR count). The highest BCUT2D eigenvalue weighted by Gasteiger charge is 2.57. The average molecular weight is 543 g/mol. The lowest BCUT2D eigenvalue weighted by Crippen LogP contribution is -2.57. The van der Waals surface area contributed by atoms with Crippen molar-refractivity contribution in [1.29, 1.82) is 0 Å². The molecule has 0 radical (unpaired) electrons. The van der Waals surface area contributed by atoms with Gasteiger partial charge in [-0.1, -0.05) is 12.1 Å². The Morgan fingerprint density at radius 1 is 1.08 bits per heavy atom. The first kappa shape index (κ1) is 27.9. The number of hydrogen-bond acceptors (Lipinski definition) is 5. The van der Waals surface area contributed by atoms with Crippen LogP contribution in [0.15, 0.2) is 36.2 Å². The lowest BCUT2D eigenvalue weighted by Gasteiger charge is -2.60. The maximum absolute atomic E-state index is 13.4. The zero-order chi connectivity index (χ0) is 27.6. The van der Waals surface area contributed by atoms with Crippen molar-refractivity contribution in [1.82, 2.24) is 10.6 Å². The average Bonchev–Trinajstić information content (AvgIpc) is 2.88. The molecule has 1 aliphatic heterocycles. The van der Waals surface area contributed by atoms with Crippen LogP contribution in [0.1, 0.15) is 71.3 Å². The third-order valence-corrected chi connectivity index (χ3v) is 9.05. The van der Waals surface area contributed by atoms with Gasteiger partial charge in [-0.15, -0.1) is 0 Å². The number of halogens is 1. The topological polar surface area (TPSA) is 85.9 Å². The normalized spacial score (nSPS) is 30.6. The molecule has 8 heteroatoms. The van der Waals surface area contributed by atoms with Crippen LogP contribution in [-0.4, -0.2) is 50.0 Å². The molecule has 2 unspecified atom stereocenters. The van der Waals surface area contributed by atoms with E-state index in [1.54, 1.807) is 20.8 Å². The summed E-state index contributed by atoms with van der Waals surface area (Å²) < 4.78 is 29.9. The molecule has 39 heavy (non-hydrogen) atoms. The number of ether oxygens (including phenoxy) is 3. The quantitative estimate of drug-likeness (QED) is 0.457. The fourth-order valence-electron chi connectivity index (χ4n) is 7.65. The van der Waals surface area contributed by atoms with Crippen molar-refractivity contribution in [3.05, 3.63) is 41.7 Å². The highest BCUT2D eigenvalue weighted by Crippen LogP contribution is 2.63. The lowest BCUT2D eigenvalue weighted by molar-refractivity contribution is -0.141. The first-order valence-electron chi connectivity index (χ1n) is 14.5. The molecule has 5 fully saturated rings. The van der Waals surface area contributed by atoms with Crippen molar-refractivity contribution in [2.24, 2.45) is 23.7 Å². The Bertz CT molecular complexity index is 1040. The van der Waals surface area contributed by atoms with Crippen molar-refractivity contribution in [2.45, 2.75) is 82.8 Å². The van der Waals surface area contributed by atoms with E-state index in [0.717, 1.165) is 38.9 Å².